The summed E-state index contributed by atoms with van der Waals surface area (Å²) < 4.78 is 65.3. The third-order valence-electron chi connectivity index (χ3n) is 6.69. The van der Waals surface area contributed by atoms with Crippen LogP contribution < -0.4 is 9.26 Å². The van der Waals surface area contributed by atoms with Gasteiger partial charge < -0.3 is 9.26 Å². The van der Waals surface area contributed by atoms with Crippen molar-refractivity contribution in [2.45, 2.75) is 91.3 Å². The molecule has 5 rings (SSSR count). The predicted octanol–water partition coefficient (Wildman–Crippen LogP) is 7.68. The van der Waals surface area contributed by atoms with Crippen molar-refractivity contribution in [3.05, 3.63) is 23.8 Å². The van der Waals surface area contributed by atoms with Crippen LogP contribution in [0.4, 0.5) is 8.78 Å². The molecule has 0 amide bonds. The molecule has 8 heteroatoms. The lowest BCUT2D eigenvalue weighted by atomic mass is 9.50. The first-order valence-electron chi connectivity index (χ1n) is 12.0. The SMILES string of the molecule is CC(C)(C)OP(=O)(Oc1ccc(OCC23CC4CC(CC(C4)C2)C3)c(F)c1F)OC(C)(C)C. The largest absolute Gasteiger partial charge is 0.531 e. The lowest BCUT2D eigenvalue weighted by molar-refractivity contribution is -0.0750. The van der Waals surface area contributed by atoms with E-state index in [1.807, 2.05) is 0 Å². The van der Waals surface area contributed by atoms with Crippen LogP contribution in [0.25, 0.3) is 0 Å². The summed E-state index contributed by atoms with van der Waals surface area (Å²) in [6.45, 7) is 10.4. The van der Waals surface area contributed by atoms with Crippen molar-refractivity contribution in [2.24, 2.45) is 23.2 Å². The summed E-state index contributed by atoms with van der Waals surface area (Å²) in [5.74, 6) is -0.875. The van der Waals surface area contributed by atoms with Gasteiger partial charge in [-0.1, -0.05) is 0 Å². The Balaban J connectivity index is 1.49. The Hall–Kier alpha value is -1.17. The number of phosphoric ester groups is 1. The van der Waals surface area contributed by atoms with Crippen molar-refractivity contribution in [1.29, 1.82) is 0 Å². The van der Waals surface area contributed by atoms with E-state index in [-0.39, 0.29) is 11.2 Å². The van der Waals surface area contributed by atoms with E-state index in [1.54, 1.807) is 41.5 Å². The summed E-state index contributed by atoms with van der Waals surface area (Å²) in [5.41, 5.74) is -1.71. The van der Waals surface area contributed by atoms with Gasteiger partial charge in [-0.25, -0.2) is 4.57 Å². The van der Waals surface area contributed by atoms with Crippen molar-refractivity contribution in [2.75, 3.05) is 6.61 Å². The minimum Gasteiger partial charge on any atom is -0.490 e. The molecule has 5 nitrogen and oxygen atoms in total. The second-order valence-corrected chi connectivity index (χ2v) is 13.8. The number of rotatable bonds is 7. The summed E-state index contributed by atoms with van der Waals surface area (Å²) in [5, 5.41) is 0. The molecule has 0 radical (unpaired) electrons. The summed E-state index contributed by atoms with van der Waals surface area (Å²) in [6, 6.07) is 2.55. The molecule has 0 spiro atoms. The Kier molecular flexibility index (Phi) is 6.42. The van der Waals surface area contributed by atoms with Gasteiger partial charge in [0, 0.05) is 5.41 Å². The zero-order valence-corrected chi connectivity index (χ0v) is 21.5. The van der Waals surface area contributed by atoms with Gasteiger partial charge in [0.2, 0.25) is 11.6 Å². The maximum Gasteiger partial charge on any atom is 0.531 e. The lowest BCUT2D eigenvalue weighted by Gasteiger charge is -2.56. The first-order valence-corrected chi connectivity index (χ1v) is 13.4. The molecule has 0 atom stereocenters. The average molecular weight is 487 g/mol. The molecule has 4 fully saturated rings. The third-order valence-corrected chi connectivity index (χ3v) is 8.65. The molecule has 0 aliphatic heterocycles. The number of hydrogen-bond acceptors (Lipinski definition) is 5. The lowest BCUT2D eigenvalue weighted by Crippen LogP contribution is -2.48. The average Bonchev–Trinajstić information content (AvgIpc) is 2.60. The topological polar surface area (TPSA) is 54.0 Å². The van der Waals surface area contributed by atoms with E-state index in [1.165, 1.54) is 31.4 Å². The van der Waals surface area contributed by atoms with Gasteiger partial charge in [-0.15, -0.1) is 0 Å². The quantitative estimate of drug-likeness (QED) is 0.370. The van der Waals surface area contributed by atoms with Gasteiger partial charge in [0.15, 0.2) is 11.5 Å². The Bertz CT molecular complexity index is 879. The fraction of sp³-hybridized carbons (Fsp3) is 0.760. The molecular formula is C25H37F2O5P. The van der Waals surface area contributed by atoms with Crippen LogP contribution in [0.5, 0.6) is 11.5 Å². The van der Waals surface area contributed by atoms with E-state index < -0.39 is 36.4 Å². The Morgan fingerprint density at radius 2 is 1.27 bits per heavy atom. The Labute approximate surface area is 196 Å². The summed E-state index contributed by atoms with van der Waals surface area (Å²) in [4.78, 5) is 0. The number of ether oxygens (including phenoxy) is 1. The van der Waals surface area contributed by atoms with Crippen LogP contribution in [-0.4, -0.2) is 17.8 Å². The molecule has 4 bridgehead atoms. The minimum atomic E-state index is -4.25. The van der Waals surface area contributed by atoms with Gasteiger partial charge in [-0.3, -0.25) is 9.05 Å². The summed E-state index contributed by atoms with van der Waals surface area (Å²) in [6.07, 6.45) is 7.26. The van der Waals surface area contributed by atoms with Crippen molar-refractivity contribution in [3.8, 4) is 11.5 Å². The fourth-order valence-corrected chi connectivity index (χ4v) is 8.08. The normalized spacial score (nSPS) is 29.4. The van der Waals surface area contributed by atoms with Crippen LogP contribution in [0.1, 0.15) is 80.1 Å². The zero-order valence-electron chi connectivity index (χ0n) is 20.6. The van der Waals surface area contributed by atoms with Crippen LogP contribution in [0.15, 0.2) is 12.1 Å². The van der Waals surface area contributed by atoms with Crippen molar-refractivity contribution in [1.82, 2.24) is 0 Å². The molecule has 0 aromatic heterocycles. The van der Waals surface area contributed by atoms with E-state index in [0.29, 0.717) is 6.61 Å². The maximum absolute atomic E-state index is 14.9. The van der Waals surface area contributed by atoms with Gasteiger partial charge in [-0.2, -0.15) is 8.78 Å². The number of halogens is 2. The standard InChI is InChI=1S/C25H37F2O5P/c1-23(2,3)31-33(28,32-24(4,5)6)30-20-8-7-19(21(26)22(20)27)29-15-25-12-16-9-17(13-25)11-18(10-16)14-25/h7-8,16-18H,9-15H2,1-6H3. The monoisotopic (exact) mass is 486 g/mol. The molecule has 4 aliphatic carbocycles. The highest BCUT2D eigenvalue weighted by atomic mass is 31.2. The van der Waals surface area contributed by atoms with Gasteiger partial charge in [0.1, 0.15) is 0 Å². The van der Waals surface area contributed by atoms with Gasteiger partial charge >= 0.3 is 7.82 Å². The zero-order chi connectivity index (χ0) is 24.2. The molecule has 0 saturated heterocycles. The number of phosphoric acid groups is 1. The van der Waals surface area contributed by atoms with E-state index in [2.05, 4.69) is 0 Å². The molecule has 186 valence electrons. The number of benzene rings is 1. The second kappa shape index (κ2) is 8.49. The predicted molar refractivity (Wildman–Crippen MR) is 122 cm³/mol. The van der Waals surface area contributed by atoms with Gasteiger partial charge in [0.25, 0.3) is 0 Å². The highest BCUT2D eigenvalue weighted by Gasteiger charge is 2.51. The van der Waals surface area contributed by atoms with Crippen molar-refractivity contribution < 1.29 is 31.7 Å². The molecule has 33 heavy (non-hydrogen) atoms. The molecule has 0 unspecified atom stereocenters. The fourth-order valence-electron chi connectivity index (χ4n) is 6.24. The molecule has 1 aromatic carbocycles. The van der Waals surface area contributed by atoms with Crippen molar-refractivity contribution >= 4 is 7.82 Å². The highest BCUT2D eigenvalue weighted by Crippen LogP contribution is 2.60. The first-order chi connectivity index (χ1) is 15.1. The molecule has 0 heterocycles. The van der Waals surface area contributed by atoms with E-state index in [9.17, 15) is 13.3 Å². The smallest absolute Gasteiger partial charge is 0.490 e. The van der Waals surface area contributed by atoms with Crippen LogP contribution in [0.2, 0.25) is 0 Å². The van der Waals surface area contributed by atoms with Crippen molar-refractivity contribution in [3.63, 3.8) is 0 Å². The third kappa shape index (κ3) is 5.91. The Morgan fingerprint density at radius 1 is 0.848 bits per heavy atom. The van der Waals surface area contributed by atoms with Crippen LogP contribution in [0, 0.1) is 34.8 Å². The maximum atomic E-state index is 14.9. The molecular weight excluding hydrogens is 449 g/mol. The summed E-state index contributed by atoms with van der Waals surface area (Å²) in [7, 11) is -4.25. The van der Waals surface area contributed by atoms with E-state index in [0.717, 1.165) is 37.0 Å². The van der Waals surface area contributed by atoms with E-state index in [4.69, 9.17) is 18.3 Å². The molecule has 4 aliphatic rings. The molecule has 4 saturated carbocycles. The first kappa shape index (κ1) is 24.9. The van der Waals surface area contributed by atoms with Gasteiger partial charge in [0.05, 0.1) is 17.8 Å². The van der Waals surface area contributed by atoms with Gasteiger partial charge in [-0.05, 0) is 110 Å². The minimum absolute atomic E-state index is 0.0731. The Morgan fingerprint density at radius 3 is 1.73 bits per heavy atom. The van der Waals surface area contributed by atoms with Crippen LogP contribution >= 0.6 is 7.82 Å². The number of hydrogen-bond donors (Lipinski definition) is 0. The second-order valence-electron chi connectivity index (χ2n) is 12.3. The van der Waals surface area contributed by atoms with Crippen LogP contribution in [0.3, 0.4) is 0 Å². The van der Waals surface area contributed by atoms with Crippen LogP contribution in [-0.2, 0) is 13.6 Å². The molecule has 1 aromatic rings. The highest BCUT2D eigenvalue weighted by molar-refractivity contribution is 7.49. The van der Waals surface area contributed by atoms with E-state index >= 15 is 0 Å². The molecule has 0 N–H and O–H groups in total. The summed E-state index contributed by atoms with van der Waals surface area (Å²) >= 11 is 0.